The molecule has 0 aliphatic heterocycles. The molecule has 0 spiro atoms. The molecule has 0 bridgehead atoms. The maximum atomic E-state index is 9.08. The van der Waals surface area contributed by atoms with Crippen molar-refractivity contribution in [2.45, 2.75) is 25.1 Å². The van der Waals surface area contributed by atoms with E-state index in [1.54, 1.807) is 12.1 Å². The topological polar surface area (TPSA) is 32.3 Å². The van der Waals surface area contributed by atoms with Gasteiger partial charge in [-0.2, -0.15) is 12.6 Å². The van der Waals surface area contributed by atoms with Gasteiger partial charge in [0.25, 0.3) is 0 Å². The summed E-state index contributed by atoms with van der Waals surface area (Å²) in [5.41, 5.74) is 1.17. The van der Waals surface area contributed by atoms with Crippen LogP contribution < -0.4 is 5.32 Å². The number of rotatable bonds is 4. The molecule has 0 radical (unpaired) electrons. The monoisotopic (exact) mass is 211 g/mol. The second-order valence-electron chi connectivity index (χ2n) is 4.08. The largest absolute Gasteiger partial charge is 0.508 e. The Bertz CT molecular complexity index is 276. The normalized spacial score (nSPS) is 11.6. The molecule has 2 N–H and O–H groups in total. The van der Waals surface area contributed by atoms with Crippen LogP contribution in [-0.4, -0.2) is 16.4 Å². The SMILES string of the molecule is CC(C)(S)CNCc1ccc(O)cc1. The Morgan fingerprint density at radius 3 is 2.36 bits per heavy atom. The van der Waals surface area contributed by atoms with Crippen LogP contribution in [0, 0.1) is 0 Å². The molecule has 0 saturated carbocycles. The first-order chi connectivity index (χ1) is 6.47. The maximum absolute atomic E-state index is 9.08. The highest BCUT2D eigenvalue weighted by molar-refractivity contribution is 7.81. The number of phenolic OH excluding ortho intramolecular Hbond substituents is 1. The molecule has 78 valence electrons. The average Bonchev–Trinajstić information content (AvgIpc) is 2.06. The van der Waals surface area contributed by atoms with Crippen molar-refractivity contribution in [3.63, 3.8) is 0 Å². The van der Waals surface area contributed by atoms with Gasteiger partial charge in [-0.15, -0.1) is 0 Å². The molecule has 0 aromatic heterocycles. The summed E-state index contributed by atoms with van der Waals surface area (Å²) in [6.45, 7) is 5.81. The highest BCUT2D eigenvalue weighted by atomic mass is 32.1. The number of phenols is 1. The molecule has 1 rings (SSSR count). The van der Waals surface area contributed by atoms with Crippen molar-refractivity contribution in [2.24, 2.45) is 0 Å². The Morgan fingerprint density at radius 2 is 1.86 bits per heavy atom. The first kappa shape index (κ1) is 11.4. The Balaban J connectivity index is 2.35. The van der Waals surface area contributed by atoms with Crippen molar-refractivity contribution in [3.8, 4) is 5.75 Å². The van der Waals surface area contributed by atoms with Crippen LogP contribution in [0.2, 0.25) is 0 Å². The van der Waals surface area contributed by atoms with Crippen LogP contribution in [-0.2, 0) is 6.54 Å². The van der Waals surface area contributed by atoms with E-state index in [0.717, 1.165) is 13.1 Å². The van der Waals surface area contributed by atoms with Gasteiger partial charge < -0.3 is 10.4 Å². The number of hydrogen-bond acceptors (Lipinski definition) is 3. The van der Waals surface area contributed by atoms with Gasteiger partial charge in [0, 0.05) is 17.8 Å². The second kappa shape index (κ2) is 4.71. The smallest absolute Gasteiger partial charge is 0.115 e. The van der Waals surface area contributed by atoms with Crippen LogP contribution in [0.15, 0.2) is 24.3 Å². The maximum Gasteiger partial charge on any atom is 0.115 e. The Labute approximate surface area is 90.8 Å². The van der Waals surface area contributed by atoms with Gasteiger partial charge in [0.2, 0.25) is 0 Å². The molecule has 14 heavy (non-hydrogen) atoms. The molecular weight excluding hydrogens is 194 g/mol. The second-order valence-corrected chi connectivity index (χ2v) is 5.29. The van der Waals surface area contributed by atoms with Crippen LogP contribution in [0.5, 0.6) is 5.75 Å². The van der Waals surface area contributed by atoms with Crippen LogP contribution in [0.3, 0.4) is 0 Å². The molecule has 0 aliphatic rings. The van der Waals surface area contributed by atoms with Crippen LogP contribution in [0.25, 0.3) is 0 Å². The van der Waals surface area contributed by atoms with Crippen molar-refractivity contribution in [2.75, 3.05) is 6.54 Å². The van der Waals surface area contributed by atoms with Crippen LogP contribution >= 0.6 is 12.6 Å². The molecule has 1 aromatic rings. The minimum Gasteiger partial charge on any atom is -0.508 e. The minimum absolute atomic E-state index is 0.0108. The quantitative estimate of drug-likeness (QED) is 0.667. The fourth-order valence-corrected chi connectivity index (χ4v) is 1.24. The lowest BCUT2D eigenvalue weighted by Gasteiger charge is -2.17. The van der Waals surface area contributed by atoms with Crippen LogP contribution in [0.4, 0.5) is 0 Å². The average molecular weight is 211 g/mol. The first-order valence-corrected chi connectivity index (χ1v) is 5.13. The Kier molecular flexibility index (Phi) is 3.84. The van der Waals surface area contributed by atoms with E-state index in [1.807, 2.05) is 12.1 Å². The molecule has 0 saturated heterocycles. The predicted octanol–water partition coefficient (Wildman–Crippen LogP) is 2.19. The lowest BCUT2D eigenvalue weighted by Crippen LogP contribution is -2.29. The summed E-state index contributed by atoms with van der Waals surface area (Å²) >= 11 is 4.41. The van der Waals surface area contributed by atoms with Gasteiger partial charge in [0.15, 0.2) is 0 Å². The minimum atomic E-state index is 0.0108. The van der Waals surface area contributed by atoms with Gasteiger partial charge in [0.1, 0.15) is 5.75 Å². The summed E-state index contributed by atoms with van der Waals surface area (Å²) in [6, 6.07) is 7.22. The summed E-state index contributed by atoms with van der Waals surface area (Å²) < 4.78 is 0.0108. The summed E-state index contributed by atoms with van der Waals surface area (Å²) in [7, 11) is 0. The zero-order chi connectivity index (χ0) is 10.6. The standard InChI is InChI=1S/C11H17NOS/c1-11(2,14)8-12-7-9-3-5-10(13)6-4-9/h3-6,12-14H,7-8H2,1-2H3. The predicted molar refractivity (Wildman–Crippen MR) is 62.9 cm³/mol. The molecule has 1 aromatic carbocycles. The van der Waals surface area contributed by atoms with E-state index >= 15 is 0 Å². The van der Waals surface area contributed by atoms with Gasteiger partial charge in [-0.1, -0.05) is 12.1 Å². The molecule has 2 nitrogen and oxygen atoms in total. The fraction of sp³-hybridized carbons (Fsp3) is 0.455. The van der Waals surface area contributed by atoms with E-state index in [-0.39, 0.29) is 4.75 Å². The molecule has 0 unspecified atom stereocenters. The number of hydrogen-bond donors (Lipinski definition) is 3. The highest BCUT2D eigenvalue weighted by Crippen LogP contribution is 2.11. The summed E-state index contributed by atoms with van der Waals surface area (Å²) in [4.78, 5) is 0. The van der Waals surface area contributed by atoms with E-state index in [2.05, 4.69) is 31.8 Å². The van der Waals surface area contributed by atoms with Gasteiger partial charge in [-0.3, -0.25) is 0 Å². The van der Waals surface area contributed by atoms with E-state index in [1.165, 1.54) is 5.56 Å². The molecule has 0 amide bonds. The molecule has 0 aliphatic carbocycles. The Morgan fingerprint density at radius 1 is 1.29 bits per heavy atom. The third-order valence-corrected chi connectivity index (χ3v) is 1.98. The number of nitrogens with one attached hydrogen (secondary N) is 1. The van der Waals surface area contributed by atoms with Crippen molar-refractivity contribution >= 4 is 12.6 Å². The zero-order valence-corrected chi connectivity index (χ0v) is 9.51. The summed E-state index contributed by atoms with van der Waals surface area (Å²) in [6.07, 6.45) is 0. The molecule has 0 heterocycles. The van der Waals surface area contributed by atoms with Crippen molar-refractivity contribution in [3.05, 3.63) is 29.8 Å². The van der Waals surface area contributed by atoms with Crippen LogP contribution in [0.1, 0.15) is 19.4 Å². The number of aromatic hydroxyl groups is 1. The number of benzene rings is 1. The van der Waals surface area contributed by atoms with Gasteiger partial charge in [-0.25, -0.2) is 0 Å². The van der Waals surface area contributed by atoms with Gasteiger partial charge >= 0.3 is 0 Å². The highest BCUT2D eigenvalue weighted by Gasteiger charge is 2.09. The van der Waals surface area contributed by atoms with E-state index < -0.39 is 0 Å². The van der Waals surface area contributed by atoms with Crippen molar-refractivity contribution < 1.29 is 5.11 Å². The summed E-state index contributed by atoms with van der Waals surface area (Å²) in [5.74, 6) is 0.309. The van der Waals surface area contributed by atoms with Crippen molar-refractivity contribution in [1.82, 2.24) is 5.32 Å². The molecule has 0 fully saturated rings. The third kappa shape index (κ3) is 4.53. The first-order valence-electron chi connectivity index (χ1n) is 4.68. The van der Waals surface area contributed by atoms with Gasteiger partial charge in [0.05, 0.1) is 0 Å². The van der Waals surface area contributed by atoms with E-state index in [0.29, 0.717) is 5.75 Å². The lowest BCUT2D eigenvalue weighted by atomic mass is 10.2. The van der Waals surface area contributed by atoms with Gasteiger partial charge in [-0.05, 0) is 31.5 Å². The summed E-state index contributed by atoms with van der Waals surface area (Å²) in [5, 5.41) is 12.4. The lowest BCUT2D eigenvalue weighted by molar-refractivity contribution is 0.475. The molecular formula is C11H17NOS. The van der Waals surface area contributed by atoms with Crippen molar-refractivity contribution in [1.29, 1.82) is 0 Å². The fourth-order valence-electron chi connectivity index (χ4n) is 1.13. The Hall–Kier alpha value is -0.670. The molecule has 0 atom stereocenters. The molecule has 3 heteroatoms. The van der Waals surface area contributed by atoms with E-state index in [9.17, 15) is 0 Å². The van der Waals surface area contributed by atoms with E-state index in [4.69, 9.17) is 5.11 Å². The zero-order valence-electron chi connectivity index (χ0n) is 8.62. The third-order valence-electron chi connectivity index (χ3n) is 1.82. The number of thiol groups is 1.